The van der Waals surface area contributed by atoms with E-state index in [0.717, 1.165) is 5.52 Å². The molecule has 1 heteroatoms. The maximum absolute atomic E-state index is 4.67. The minimum Gasteiger partial charge on any atom is -0.256 e. The van der Waals surface area contributed by atoms with Gasteiger partial charge in [0.05, 0.1) is 5.52 Å². The molecule has 0 atom stereocenters. The van der Waals surface area contributed by atoms with Crippen LogP contribution >= 0.6 is 0 Å². The quantitative estimate of drug-likeness (QED) is 0.183. The van der Waals surface area contributed by atoms with Gasteiger partial charge in [0.25, 0.3) is 0 Å². The van der Waals surface area contributed by atoms with Gasteiger partial charge in [0.1, 0.15) is 0 Å². The van der Waals surface area contributed by atoms with Crippen molar-refractivity contribution in [2.75, 3.05) is 0 Å². The standard InChI is InChI=1S/C46H33N/c1-29(2)32-19-21-40-42(27-32)45(36-17-15-30-9-3-5-11-33(30)25-36)41-22-20-35(38-23-24-47-44-14-8-7-13-39(38)44)28-43(41)46(40)37-18-16-31-10-4-6-12-34(31)26-37/h3-29H,1-2H3. The van der Waals surface area contributed by atoms with Crippen LogP contribution in [0, 0.1) is 0 Å². The molecule has 9 rings (SSSR count). The zero-order chi connectivity index (χ0) is 31.5. The molecule has 0 saturated heterocycles. The van der Waals surface area contributed by atoms with Crippen molar-refractivity contribution in [2.45, 2.75) is 19.8 Å². The Hall–Kier alpha value is -5.79. The summed E-state index contributed by atoms with van der Waals surface area (Å²) < 4.78 is 0. The Bertz CT molecular complexity index is 2660. The lowest BCUT2D eigenvalue weighted by Gasteiger charge is -2.21. The lowest BCUT2D eigenvalue weighted by atomic mass is 9.83. The van der Waals surface area contributed by atoms with Gasteiger partial charge in [-0.2, -0.15) is 0 Å². The summed E-state index contributed by atoms with van der Waals surface area (Å²) in [5.41, 5.74) is 9.80. The number of rotatable bonds is 4. The molecule has 1 aromatic heterocycles. The Kier molecular flexibility index (Phi) is 6.40. The molecular weight excluding hydrogens is 567 g/mol. The average molecular weight is 600 g/mol. The van der Waals surface area contributed by atoms with Crippen molar-refractivity contribution in [3.63, 3.8) is 0 Å². The molecule has 1 heterocycles. The summed E-state index contributed by atoms with van der Waals surface area (Å²) in [4.78, 5) is 4.67. The molecule has 0 aliphatic heterocycles. The Balaban J connectivity index is 1.44. The third-order valence-electron chi connectivity index (χ3n) is 9.84. The van der Waals surface area contributed by atoms with E-state index in [-0.39, 0.29) is 0 Å². The third kappa shape index (κ3) is 4.58. The SMILES string of the molecule is CC(C)c1ccc2c(-c3ccc4ccccc4c3)c3cc(-c4ccnc5ccccc45)ccc3c(-c3ccc4ccccc4c3)c2c1. The van der Waals surface area contributed by atoms with Crippen LogP contribution in [-0.4, -0.2) is 4.98 Å². The number of nitrogens with zero attached hydrogens (tertiary/aromatic N) is 1. The molecule has 0 unspecified atom stereocenters. The van der Waals surface area contributed by atoms with E-state index in [1.807, 2.05) is 6.20 Å². The van der Waals surface area contributed by atoms with Crippen LogP contribution in [0.15, 0.2) is 158 Å². The monoisotopic (exact) mass is 599 g/mol. The summed E-state index contributed by atoms with van der Waals surface area (Å²) in [5, 5.41) is 11.3. The zero-order valence-corrected chi connectivity index (χ0v) is 26.5. The van der Waals surface area contributed by atoms with Crippen molar-refractivity contribution in [1.29, 1.82) is 0 Å². The Morgan fingerprint density at radius 1 is 0.404 bits per heavy atom. The summed E-state index contributed by atoms with van der Waals surface area (Å²) in [6, 6.07) is 56.0. The van der Waals surface area contributed by atoms with Gasteiger partial charge in [-0.15, -0.1) is 0 Å². The lowest BCUT2D eigenvalue weighted by Crippen LogP contribution is -1.95. The van der Waals surface area contributed by atoms with Crippen LogP contribution in [0.25, 0.3) is 87.4 Å². The van der Waals surface area contributed by atoms with Gasteiger partial charge < -0.3 is 0 Å². The van der Waals surface area contributed by atoms with Crippen LogP contribution in [0.3, 0.4) is 0 Å². The molecule has 0 aliphatic rings. The second-order valence-corrected chi connectivity index (χ2v) is 13.0. The van der Waals surface area contributed by atoms with Crippen molar-refractivity contribution in [3.8, 4) is 33.4 Å². The van der Waals surface area contributed by atoms with E-state index < -0.39 is 0 Å². The fraction of sp³-hybridized carbons (Fsp3) is 0.0652. The highest BCUT2D eigenvalue weighted by molar-refractivity contribution is 6.23. The first-order chi connectivity index (χ1) is 23.1. The number of para-hydroxylation sites is 1. The van der Waals surface area contributed by atoms with Crippen molar-refractivity contribution in [2.24, 2.45) is 0 Å². The maximum Gasteiger partial charge on any atom is 0.0708 e. The van der Waals surface area contributed by atoms with E-state index >= 15 is 0 Å². The molecule has 9 aromatic rings. The fourth-order valence-corrected chi connectivity index (χ4v) is 7.43. The predicted octanol–water partition coefficient (Wildman–Crippen LogP) is 13.0. The van der Waals surface area contributed by atoms with E-state index in [2.05, 4.69) is 170 Å². The van der Waals surface area contributed by atoms with Gasteiger partial charge in [-0.25, -0.2) is 0 Å². The van der Waals surface area contributed by atoms with Crippen molar-refractivity contribution in [3.05, 3.63) is 163 Å². The molecule has 8 aromatic carbocycles. The summed E-state index contributed by atoms with van der Waals surface area (Å²) in [6.45, 7) is 4.57. The van der Waals surface area contributed by atoms with Gasteiger partial charge >= 0.3 is 0 Å². The van der Waals surface area contributed by atoms with Gasteiger partial charge in [-0.3, -0.25) is 4.98 Å². The minimum atomic E-state index is 0.422. The predicted molar refractivity (Wildman–Crippen MR) is 202 cm³/mol. The summed E-state index contributed by atoms with van der Waals surface area (Å²) in [6.07, 6.45) is 1.93. The topological polar surface area (TPSA) is 12.9 Å². The normalized spacial score (nSPS) is 11.8. The number of benzene rings is 8. The molecule has 0 fully saturated rings. The van der Waals surface area contributed by atoms with Crippen LogP contribution in [0.4, 0.5) is 0 Å². The molecule has 0 saturated carbocycles. The first-order valence-electron chi connectivity index (χ1n) is 16.5. The average Bonchev–Trinajstić information content (AvgIpc) is 3.12. The molecule has 0 bridgehead atoms. The second kappa shape index (κ2) is 10.9. The highest BCUT2D eigenvalue weighted by Gasteiger charge is 2.19. The third-order valence-corrected chi connectivity index (χ3v) is 9.84. The molecular formula is C46H33N. The van der Waals surface area contributed by atoms with E-state index in [4.69, 9.17) is 0 Å². The lowest BCUT2D eigenvalue weighted by molar-refractivity contribution is 0.869. The fourth-order valence-electron chi connectivity index (χ4n) is 7.43. The molecule has 47 heavy (non-hydrogen) atoms. The van der Waals surface area contributed by atoms with Gasteiger partial charge in [-0.05, 0) is 118 Å². The van der Waals surface area contributed by atoms with Gasteiger partial charge in [0.2, 0.25) is 0 Å². The van der Waals surface area contributed by atoms with Crippen LogP contribution in [0.5, 0.6) is 0 Å². The molecule has 0 spiro atoms. The molecule has 0 amide bonds. The van der Waals surface area contributed by atoms with E-state index in [0.29, 0.717) is 5.92 Å². The van der Waals surface area contributed by atoms with Crippen LogP contribution in [0.1, 0.15) is 25.3 Å². The molecule has 1 nitrogen and oxygen atoms in total. The van der Waals surface area contributed by atoms with E-state index in [1.54, 1.807) is 0 Å². The highest BCUT2D eigenvalue weighted by Crippen LogP contribution is 2.46. The number of pyridine rings is 1. The Morgan fingerprint density at radius 2 is 0.957 bits per heavy atom. The Labute approximate surface area is 274 Å². The van der Waals surface area contributed by atoms with Crippen LogP contribution < -0.4 is 0 Å². The number of aromatic nitrogens is 1. The number of fused-ring (bicyclic) bond motifs is 5. The zero-order valence-electron chi connectivity index (χ0n) is 26.5. The summed E-state index contributed by atoms with van der Waals surface area (Å²) in [5.74, 6) is 0.422. The maximum atomic E-state index is 4.67. The van der Waals surface area contributed by atoms with Crippen molar-refractivity contribution in [1.82, 2.24) is 4.98 Å². The van der Waals surface area contributed by atoms with E-state index in [1.165, 1.54) is 87.4 Å². The first-order valence-corrected chi connectivity index (χ1v) is 16.5. The number of hydrogen-bond acceptors (Lipinski definition) is 1. The number of hydrogen-bond donors (Lipinski definition) is 0. The highest BCUT2D eigenvalue weighted by atomic mass is 14.6. The van der Waals surface area contributed by atoms with Crippen molar-refractivity contribution >= 4 is 54.0 Å². The minimum absolute atomic E-state index is 0.422. The van der Waals surface area contributed by atoms with Gasteiger partial charge in [0.15, 0.2) is 0 Å². The van der Waals surface area contributed by atoms with Crippen LogP contribution in [0.2, 0.25) is 0 Å². The molecule has 0 N–H and O–H groups in total. The summed E-state index contributed by atoms with van der Waals surface area (Å²) >= 11 is 0. The van der Waals surface area contributed by atoms with Gasteiger partial charge in [0, 0.05) is 11.6 Å². The van der Waals surface area contributed by atoms with E-state index in [9.17, 15) is 0 Å². The first kappa shape index (κ1) is 27.5. The van der Waals surface area contributed by atoms with Gasteiger partial charge in [-0.1, -0.05) is 135 Å². The van der Waals surface area contributed by atoms with Crippen LogP contribution in [-0.2, 0) is 0 Å². The summed E-state index contributed by atoms with van der Waals surface area (Å²) in [7, 11) is 0. The second-order valence-electron chi connectivity index (χ2n) is 13.0. The van der Waals surface area contributed by atoms with Crippen molar-refractivity contribution < 1.29 is 0 Å². The molecule has 0 radical (unpaired) electrons. The molecule has 222 valence electrons. The molecule has 0 aliphatic carbocycles. The largest absolute Gasteiger partial charge is 0.256 e. The Morgan fingerprint density at radius 3 is 1.62 bits per heavy atom. The smallest absolute Gasteiger partial charge is 0.0708 e.